The number of hydrogen-bond donors (Lipinski definition) is 2. The summed E-state index contributed by atoms with van der Waals surface area (Å²) in [6.45, 7) is 1.70. The third-order valence-electron chi connectivity index (χ3n) is 3.40. The van der Waals surface area contributed by atoms with E-state index in [2.05, 4.69) is 27.9 Å². The van der Waals surface area contributed by atoms with Crippen LogP contribution in [0.4, 0.5) is 0 Å². The zero-order valence-corrected chi connectivity index (χ0v) is 12.8. The number of halogens is 1. The molecule has 1 unspecified atom stereocenters. The summed E-state index contributed by atoms with van der Waals surface area (Å²) in [7, 11) is 0. The highest BCUT2D eigenvalue weighted by atomic mass is 127. The normalized spacial score (nSPS) is 18.0. The van der Waals surface area contributed by atoms with E-state index in [4.69, 9.17) is 4.74 Å². The maximum Gasteiger partial charge on any atom is 0.252 e. The Labute approximate surface area is 126 Å². The Morgan fingerprint density at radius 2 is 2.11 bits per heavy atom. The van der Waals surface area contributed by atoms with E-state index >= 15 is 0 Å². The number of nitrogens with one attached hydrogen (secondary N) is 1. The van der Waals surface area contributed by atoms with Crippen molar-refractivity contribution in [3.8, 4) is 0 Å². The van der Waals surface area contributed by atoms with Crippen molar-refractivity contribution < 1.29 is 14.6 Å². The summed E-state index contributed by atoms with van der Waals surface area (Å²) in [6.07, 6.45) is 1.23. The topological polar surface area (TPSA) is 58.6 Å². The van der Waals surface area contributed by atoms with E-state index in [1.807, 2.05) is 18.2 Å². The summed E-state index contributed by atoms with van der Waals surface area (Å²) in [5, 5.41) is 12.9. The monoisotopic (exact) mass is 375 g/mol. The highest BCUT2D eigenvalue weighted by Crippen LogP contribution is 2.18. The quantitative estimate of drug-likeness (QED) is 0.790. The molecule has 1 atom stereocenters. The molecule has 1 aromatic rings. The molecular formula is C14H18INO3. The van der Waals surface area contributed by atoms with Gasteiger partial charge in [0.2, 0.25) is 0 Å². The van der Waals surface area contributed by atoms with Gasteiger partial charge in [-0.05, 0) is 53.5 Å². The van der Waals surface area contributed by atoms with E-state index < -0.39 is 6.10 Å². The van der Waals surface area contributed by atoms with E-state index in [1.54, 1.807) is 6.07 Å². The molecule has 1 aliphatic rings. The van der Waals surface area contributed by atoms with Crippen LogP contribution in [-0.4, -0.2) is 36.9 Å². The van der Waals surface area contributed by atoms with Gasteiger partial charge in [0.05, 0.1) is 11.7 Å². The van der Waals surface area contributed by atoms with E-state index in [1.165, 1.54) is 0 Å². The predicted octanol–water partition coefficient (Wildman–Crippen LogP) is 1.81. The second-order valence-electron chi connectivity index (χ2n) is 4.71. The van der Waals surface area contributed by atoms with Gasteiger partial charge >= 0.3 is 0 Å². The molecule has 1 aliphatic heterocycles. The zero-order valence-electron chi connectivity index (χ0n) is 10.6. The van der Waals surface area contributed by atoms with Crippen LogP contribution in [0.5, 0.6) is 0 Å². The van der Waals surface area contributed by atoms with Gasteiger partial charge in [0.15, 0.2) is 0 Å². The van der Waals surface area contributed by atoms with Crippen molar-refractivity contribution >= 4 is 28.5 Å². The van der Waals surface area contributed by atoms with E-state index in [9.17, 15) is 9.90 Å². The lowest BCUT2D eigenvalue weighted by Crippen LogP contribution is -2.38. The number of ether oxygens (including phenoxy) is 1. The molecule has 0 spiro atoms. The standard InChI is InChI=1S/C14H18INO3/c15-12-4-2-1-3-11(12)14(18)16-9-13(17)10-5-7-19-8-6-10/h1-4,10,13,17H,5-9H2,(H,16,18). The number of aliphatic hydroxyl groups excluding tert-OH is 1. The summed E-state index contributed by atoms with van der Waals surface area (Å²) in [6, 6.07) is 7.42. The Morgan fingerprint density at radius 1 is 1.42 bits per heavy atom. The van der Waals surface area contributed by atoms with Crippen LogP contribution in [0.1, 0.15) is 23.2 Å². The average molecular weight is 375 g/mol. The number of rotatable bonds is 4. The summed E-state index contributed by atoms with van der Waals surface area (Å²) in [5.74, 6) is 0.0972. The Morgan fingerprint density at radius 3 is 2.79 bits per heavy atom. The third-order valence-corrected chi connectivity index (χ3v) is 4.34. The van der Waals surface area contributed by atoms with Crippen LogP contribution in [0, 0.1) is 9.49 Å². The molecule has 0 aliphatic carbocycles. The molecule has 1 heterocycles. The zero-order chi connectivity index (χ0) is 13.7. The predicted molar refractivity (Wildman–Crippen MR) is 81.0 cm³/mol. The first-order valence-corrected chi connectivity index (χ1v) is 7.55. The molecule has 0 saturated carbocycles. The lowest BCUT2D eigenvalue weighted by Gasteiger charge is -2.26. The molecule has 1 fully saturated rings. The molecule has 5 heteroatoms. The van der Waals surface area contributed by atoms with Crippen molar-refractivity contribution in [1.29, 1.82) is 0 Å². The number of carbonyl (C=O) groups is 1. The van der Waals surface area contributed by atoms with Crippen molar-refractivity contribution in [3.63, 3.8) is 0 Å². The molecule has 0 aromatic heterocycles. The molecule has 0 bridgehead atoms. The van der Waals surface area contributed by atoms with Gasteiger partial charge in [-0.15, -0.1) is 0 Å². The smallest absolute Gasteiger partial charge is 0.252 e. The van der Waals surface area contributed by atoms with Gasteiger partial charge < -0.3 is 15.2 Å². The van der Waals surface area contributed by atoms with Crippen LogP contribution in [0.3, 0.4) is 0 Å². The first kappa shape index (κ1) is 14.7. The Kier molecular flexibility index (Phi) is 5.59. The first-order valence-electron chi connectivity index (χ1n) is 6.47. The van der Waals surface area contributed by atoms with Gasteiger partial charge in [0.1, 0.15) is 0 Å². The second-order valence-corrected chi connectivity index (χ2v) is 5.87. The minimum atomic E-state index is -0.491. The lowest BCUT2D eigenvalue weighted by molar-refractivity contribution is 0.00872. The minimum Gasteiger partial charge on any atom is -0.391 e. The van der Waals surface area contributed by atoms with E-state index in [0.717, 1.165) is 16.4 Å². The van der Waals surface area contributed by atoms with Crippen LogP contribution in [0.2, 0.25) is 0 Å². The Balaban J connectivity index is 1.84. The van der Waals surface area contributed by atoms with Crippen molar-refractivity contribution in [2.24, 2.45) is 5.92 Å². The van der Waals surface area contributed by atoms with Gasteiger partial charge in [-0.2, -0.15) is 0 Å². The van der Waals surface area contributed by atoms with Crippen LogP contribution in [0.25, 0.3) is 0 Å². The molecule has 2 N–H and O–H groups in total. The summed E-state index contributed by atoms with van der Waals surface area (Å²) < 4.78 is 6.18. The lowest BCUT2D eigenvalue weighted by atomic mass is 9.94. The minimum absolute atomic E-state index is 0.129. The summed E-state index contributed by atoms with van der Waals surface area (Å²) in [4.78, 5) is 12.0. The fourth-order valence-corrected chi connectivity index (χ4v) is 2.84. The highest BCUT2D eigenvalue weighted by molar-refractivity contribution is 14.1. The molecule has 1 amide bonds. The SMILES string of the molecule is O=C(NCC(O)C1CCOCC1)c1ccccc1I. The second kappa shape index (κ2) is 7.21. The molecular weight excluding hydrogens is 357 g/mol. The van der Waals surface area contributed by atoms with Crippen LogP contribution < -0.4 is 5.32 Å². The molecule has 0 radical (unpaired) electrons. The Bertz CT molecular complexity index is 432. The number of hydrogen-bond acceptors (Lipinski definition) is 3. The van der Waals surface area contributed by atoms with Crippen molar-refractivity contribution in [2.75, 3.05) is 19.8 Å². The maximum absolute atomic E-state index is 12.0. The van der Waals surface area contributed by atoms with Gasteiger partial charge in [0, 0.05) is 23.3 Å². The fourth-order valence-electron chi connectivity index (χ4n) is 2.21. The highest BCUT2D eigenvalue weighted by Gasteiger charge is 2.22. The average Bonchev–Trinajstić information content (AvgIpc) is 2.46. The van der Waals surface area contributed by atoms with Crippen molar-refractivity contribution in [3.05, 3.63) is 33.4 Å². The largest absolute Gasteiger partial charge is 0.391 e. The van der Waals surface area contributed by atoms with E-state index in [-0.39, 0.29) is 11.8 Å². The number of benzene rings is 1. The van der Waals surface area contributed by atoms with Gasteiger partial charge in [0.25, 0.3) is 5.91 Å². The third kappa shape index (κ3) is 4.15. The van der Waals surface area contributed by atoms with Gasteiger partial charge in [-0.1, -0.05) is 12.1 Å². The maximum atomic E-state index is 12.0. The Hall–Kier alpha value is -0.660. The number of amides is 1. The fraction of sp³-hybridized carbons (Fsp3) is 0.500. The number of aliphatic hydroxyl groups is 1. The van der Waals surface area contributed by atoms with E-state index in [0.29, 0.717) is 25.3 Å². The molecule has 1 aromatic carbocycles. The summed E-state index contributed by atoms with van der Waals surface area (Å²) in [5.41, 5.74) is 0.655. The van der Waals surface area contributed by atoms with Crippen LogP contribution in [-0.2, 0) is 4.74 Å². The molecule has 4 nitrogen and oxygen atoms in total. The van der Waals surface area contributed by atoms with Gasteiger partial charge in [-0.25, -0.2) is 0 Å². The van der Waals surface area contributed by atoms with Gasteiger partial charge in [-0.3, -0.25) is 4.79 Å². The molecule has 2 rings (SSSR count). The summed E-state index contributed by atoms with van der Waals surface area (Å²) >= 11 is 2.14. The van der Waals surface area contributed by atoms with Crippen LogP contribution >= 0.6 is 22.6 Å². The number of carbonyl (C=O) groups excluding carboxylic acids is 1. The molecule has 1 saturated heterocycles. The molecule has 104 valence electrons. The van der Waals surface area contributed by atoms with Crippen molar-refractivity contribution in [2.45, 2.75) is 18.9 Å². The van der Waals surface area contributed by atoms with Crippen molar-refractivity contribution in [1.82, 2.24) is 5.32 Å². The first-order chi connectivity index (χ1) is 9.18. The molecule has 19 heavy (non-hydrogen) atoms. The van der Waals surface area contributed by atoms with Crippen LogP contribution in [0.15, 0.2) is 24.3 Å².